The first-order chi connectivity index (χ1) is 21.0. The molecule has 3 rings (SSSR count). The zero-order valence-corrected chi connectivity index (χ0v) is 28.6. The van der Waals surface area contributed by atoms with Crippen molar-refractivity contribution in [1.29, 1.82) is 0 Å². The van der Waals surface area contributed by atoms with Gasteiger partial charge < -0.3 is 35.7 Å². The molecule has 5 N–H and O–H groups in total. The lowest BCUT2D eigenvalue weighted by molar-refractivity contribution is 0.0458. The molecule has 3 aromatic rings. The topological polar surface area (TPSA) is 176 Å². The molecule has 4 amide bonds. The van der Waals surface area contributed by atoms with E-state index in [-0.39, 0.29) is 24.7 Å². The molecule has 0 fully saturated rings. The van der Waals surface area contributed by atoms with E-state index in [1.165, 1.54) is 6.20 Å². The fraction of sp³-hybridized carbons (Fsp3) is 0.515. The van der Waals surface area contributed by atoms with Crippen molar-refractivity contribution in [3.8, 4) is 11.4 Å². The molecule has 0 aliphatic carbocycles. The van der Waals surface area contributed by atoms with Crippen molar-refractivity contribution in [3.63, 3.8) is 0 Å². The Labute approximate surface area is 270 Å². The average Bonchev–Trinajstić information content (AvgIpc) is 3.23. The van der Waals surface area contributed by atoms with Gasteiger partial charge in [0.2, 0.25) is 0 Å². The maximum absolute atomic E-state index is 13.0. The first kappa shape index (κ1) is 35.8. The molecule has 0 saturated heterocycles. The number of nitrogens with zero attached hydrogens (tertiary/aromatic N) is 2. The van der Waals surface area contributed by atoms with Gasteiger partial charge in [-0.3, -0.25) is 14.6 Å². The van der Waals surface area contributed by atoms with Gasteiger partial charge in [0, 0.05) is 29.6 Å². The van der Waals surface area contributed by atoms with Crippen LogP contribution in [0.15, 0.2) is 30.6 Å². The first-order valence-electron chi connectivity index (χ1n) is 15.1. The summed E-state index contributed by atoms with van der Waals surface area (Å²) in [5, 5.41) is 12.0. The third kappa shape index (κ3) is 10.5. The smallest absolute Gasteiger partial charge is 0.408 e. The van der Waals surface area contributed by atoms with Crippen LogP contribution in [0.5, 0.6) is 0 Å². The Morgan fingerprint density at radius 2 is 1.28 bits per heavy atom. The van der Waals surface area contributed by atoms with Gasteiger partial charge in [-0.25, -0.2) is 14.6 Å². The minimum Gasteiger partial charge on any atom is -0.444 e. The van der Waals surface area contributed by atoms with Gasteiger partial charge in [-0.1, -0.05) is 0 Å². The lowest BCUT2D eigenvalue weighted by atomic mass is 10.0. The van der Waals surface area contributed by atoms with Gasteiger partial charge in [0.15, 0.2) is 0 Å². The summed E-state index contributed by atoms with van der Waals surface area (Å²) in [6, 6.07) is 5.28. The molecule has 0 unspecified atom stereocenters. The number of hydrogen-bond acceptors (Lipinski definition) is 8. The van der Waals surface area contributed by atoms with Gasteiger partial charge in [0.25, 0.3) is 11.8 Å². The second-order valence-corrected chi connectivity index (χ2v) is 14.6. The number of alkyl carbamates (subject to hydrolysis) is 2. The number of hydrogen-bond donors (Lipinski definition) is 5. The van der Waals surface area contributed by atoms with Crippen LogP contribution >= 0.6 is 0 Å². The number of aromatic nitrogens is 3. The molecule has 0 aliphatic rings. The summed E-state index contributed by atoms with van der Waals surface area (Å²) in [6.45, 7) is 20.0. The number of aryl methyl sites for hydroxylation is 1. The Kier molecular flexibility index (Phi) is 10.4. The molecule has 13 heteroatoms. The molecule has 0 bridgehead atoms. The third-order valence-corrected chi connectivity index (χ3v) is 6.50. The highest BCUT2D eigenvalue weighted by molar-refractivity contribution is 6.00. The van der Waals surface area contributed by atoms with Gasteiger partial charge >= 0.3 is 12.2 Å². The molecular weight excluding hydrogens is 590 g/mol. The van der Waals surface area contributed by atoms with Crippen LogP contribution in [-0.4, -0.2) is 74.3 Å². The minimum atomic E-state index is -0.787. The van der Waals surface area contributed by atoms with Crippen LogP contribution in [0.1, 0.15) is 95.6 Å². The van der Waals surface area contributed by atoms with E-state index in [4.69, 9.17) is 9.47 Å². The zero-order valence-electron chi connectivity index (χ0n) is 28.6. The summed E-state index contributed by atoms with van der Waals surface area (Å²) in [5.74, 6) is -0.754. The molecule has 0 saturated carbocycles. The van der Waals surface area contributed by atoms with Crippen LogP contribution in [0.4, 0.5) is 9.59 Å². The van der Waals surface area contributed by atoms with Crippen molar-refractivity contribution < 1.29 is 28.7 Å². The van der Waals surface area contributed by atoms with Crippen molar-refractivity contribution >= 4 is 34.9 Å². The molecular formula is C33H47N7O6. The van der Waals surface area contributed by atoms with E-state index in [1.807, 2.05) is 6.92 Å². The maximum atomic E-state index is 13.0. The molecule has 0 aliphatic heterocycles. The summed E-state index contributed by atoms with van der Waals surface area (Å²) in [4.78, 5) is 62.5. The maximum Gasteiger partial charge on any atom is 0.408 e. The van der Waals surface area contributed by atoms with Crippen molar-refractivity contribution in [2.75, 3.05) is 13.1 Å². The average molecular weight is 638 g/mol. The second kappa shape index (κ2) is 13.4. The molecule has 0 radical (unpaired) electrons. The van der Waals surface area contributed by atoms with E-state index < -0.39 is 40.4 Å². The van der Waals surface area contributed by atoms with Crippen LogP contribution in [0.2, 0.25) is 0 Å². The van der Waals surface area contributed by atoms with E-state index >= 15 is 0 Å². The largest absolute Gasteiger partial charge is 0.444 e. The Hall–Kier alpha value is -4.68. The Balaban J connectivity index is 1.70. The minimum absolute atomic E-state index is 0.103. The van der Waals surface area contributed by atoms with Crippen LogP contribution in [-0.2, 0) is 9.47 Å². The highest BCUT2D eigenvalue weighted by Crippen LogP contribution is 2.29. The third-order valence-electron chi connectivity index (χ3n) is 6.50. The number of benzene rings is 1. The van der Waals surface area contributed by atoms with Crippen molar-refractivity contribution in [3.05, 3.63) is 47.4 Å². The summed E-state index contributed by atoms with van der Waals surface area (Å²) < 4.78 is 10.6. The number of aromatic amines is 1. The number of amides is 4. The fourth-order valence-corrected chi connectivity index (χ4v) is 4.36. The number of H-pyrrole nitrogens is 1. The van der Waals surface area contributed by atoms with Crippen molar-refractivity contribution in [2.24, 2.45) is 0 Å². The van der Waals surface area contributed by atoms with Gasteiger partial charge in [-0.2, -0.15) is 0 Å². The number of carbonyl (C=O) groups excluding carboxylic acids is 4. The summed E-state index contributed by atoms with van der Waals surface area (Å²) in [6.07, 6.45) is 1.78. The predicted octanol–water partition coefficient (Wildman–Crippen LogP) is 5.00. The van der Waals surface area contributed by atoms with Crippen LogP contribution in [0, 0.1) is 6.92 Å². The van der Waals surface area contributed by atoms with Crippen LogP contribution < -0.4 is 21.3 Å². The number of fused-ring (bicyclic) bond motifs is 1. The summed E-state index contributed by atoms with van der Waals surface area (Å²) in [5.41, 5.74) is 0.442. The molecule has 0 spiro atoms. The molecule has 13 nitrogen and oxygen atoms in total. The lowest BCUT2D eigenvalue weighted by Gasteiger charge is -2.28. The Bertz CT molecular complexity index is 1610. The Morgan fingerprint density at radius 1 is 0.761 bits per heavy atom. The molecule has 46 heavy (non-hydrogen) atoms. The highest BCUT2D eigenvalue weighted by Gasteiger charge is 2.27. The Morgan fingerprint density at radius 3 is 1.80 bits per heavy atom. The van der Waals surface area contributed by atoms with Crippen LogP contribution in [0.3, 0.4) is 0 Å². The SMILES string of the molecule is Cc1c(-c2cncc(C(=O)NCC(C)(C)NC(=O)OC(C)(C)C)n2)[nH]c2ccc(C(=O)NCC(C)(C)NC(=O)OC(C)(C)C)cc12. The number of carbonyl (C=O) groups is 4. The predicted molar refractivity (Wildman–Crippen MR) is 176 cm³/mol. The van der Waals surface area contributed by atoms with E-state index in [0.29, 0.717) is 17.0 Å². The second-order valence-electron chi connectivity index (χ2n) is 14.6. The van der Waals surface area contributed by atoms with E-state index in [0.717, 1.165) is 16.5 Å². The monoisotopic (exact) mass is 637 g/mol. The lowest BCUT2D eigenvalue weighted by Crippen LogP contribution is -2.52. The highest BCUT2D eigenvalue weighted by atomic mass is 16.6. The summed E-state index contributed by atoms with van der Waals surface area (Å²) >= 11 is 0. The standard InChI is InChI=1S/C33H47N7O6/c1-19-21-14-20(26(41)35-17-32(8,9)39-28(43)45-30(2,3)4)12-13-22(21)38-25(19)23-15-34-16-24(37-23)27(42)36-18-33(10,11)40-29(44)46-31(5,6)7/h12-16,38H,17-18H2,1-11H3,(H,35,41)(H,36,42)(H,39,43)(H,40,44). The quantitative estimate of drug-likeness (QED) is 0.218. The normalized spacial score (nSPS) is 12.3. The fourth-order valence-electron chi connectivity index (χ4n) is 4.36. The molecule has 2 aromatic heterocycles. The number of rotatable bonds is 9. The van der Waals surface area contributed by atoms with Gasteiger partial charge in [0.1, 0.15) is 22.6 Å². The molecule has 250 valence electrons. The van der Waals surface area contributed by atoms with E-state index in [1.54, 1.807) is 93.6 Å². The molecule has 1 aromatic carbocycles. The van der Waals surface area contributed by atoms with Crippen molar-refractivity contribution in [1.82, 2.24) is 36.2 Å². The first-order valence-corrected chi connectivity index (χ1v) is 15.1. The summed E-state index contributed by atoms with van der Waals surface area (Å²) in [7, 11) is 0. The van der Waals surface area contributed by atoms with E-state index in [2.05, 4.69) is 36.2 Å². The van der Waals surface area contributed by atoms with Crippen LogP contribution in [0.25, 0.3) is 22.3 Å². The molecule has 2 heterocycles. The molecule has 0 atom stereocenters. The number of ether oxygens (including phenoxy) is 2. The van der Waals surface area contributed by atoms with Gasteiger partial charge in [-0.05, 0) is 99.9 Å². The van der Waals surface area contributed by atoms with Crippen molar-refractivity contribution in [2.45, 2.75) is 98.4 Å². The van der Waals surface area contributed by atoms with E-state index in [9.17, 15) is 19.2 Å². The zero-order chi connectivity index (χ0) is 34.7. The van der Waals surface area contributed by atoms with Gasteiger partial charge in [0.05, 0.1) is 29.2 Å². The van der Waals surface area contributed by atoms with Gasteiger partial charge in [-0.15, -0.1) is 0 Å². The number of nitrogens with one attached hydrogen (secondary N) is 5.